The molecule has 2 aromatic carbocycles. The average Bonchev–Trinajstić information content (AvgIpc) is 2.56. The summed E-state index contributed by atoms with van der Waals surface area (Å²) in [5.74, 6) is 1.82. The van der Waals surface area contributed by atoms with Crippen molar-refractivity contribution in [3.8, 4) is 11.5 Å². The summed E-state index contributed by atoms with van der Waals surface area (Å²) in [5, 5.41) is 3.37. The second-order valence-corrected chi connectivity index (χ2v) is 5.43. The number of rotatable bonds is 4. The molecular weight excluding hydrogens is 260 g/mol. The number of ether oxygens (including phenoxy) is 1. The van der Waals surface area contributed by atoms with Crippen molar-refractivity contribution in [2.45, 2.75) is 18.9 Å². The molecule has 3 rings (SSSR count). The molecule has 3 heteroatoms. The SMILES string of the molecule is CNC1CCN(c2ccccc2Oc2ccccc2)CC1. The van der Waals surface area contributed by atoms with Gasteiger partial charge in [0.15, 0.2) is 5.75 Å². The predicted octanol–water partition coefficient (Wildman–Crippen LogP) is 3.67. The molecule has 0 atom stereocenters. The number of para-hydroxylation sites is 3. The summed E-state index contributed by atoms with van der Waals surface area (Å²) in [6, 6.07) is 18.9. The molecule has 0 radical (unpaired) electrons. The Hall–Kier alpha value is -2.00. The molecule has 3 nitrogen and oxygen atoms in total. The van der Waals surface area contributed by atoms with E-state index in [1.54, 1.807) is 0 Å². The van der Waals surface area contributed by atoms with E-state index in [0.717, 1.165) is 24.6 Å². The zero-order valence-corrected chi connectivity index (χ0v) is 12.5. The van der Waals surface area contributed by atoms with Crippen LogP contribution >= 0.6 is 0 Å². The van der Waals surface area contributed by atoms with Crippen LogP contribution in [0.15, 0.2) is 54.6 Å². The van der Waals surface area contributed by atoms with Crippen molar-refractivity contribution in [3.63, 3.8) is 0 Å². The number of nitrogens with zero attached hydrogens (tertiary/aromatic N) is 1. The average molecular weight is 282 g/mol. The van der Waals surface area contributed by atoms with E-state index in [9.17, 15) is 0 Å². The van der Waals surface area contributed by atoms with E-state index in [0.29, 0.717) is 6.04 Å². The van der Waals surface area contributed by atoms with Crippen LogP contribution in [0.2, 0.25) is 0 Å². The highest BCUT2D eigenvalue weighted by atomic mass is 16.5. The van der Waals surface area contributed by atoms with Crippen molar-refractivity contribution in [3.05, 3.63) is 54.6 Å². The highest BCUT2D eigenvalue weighted by Gasteiger charge is 2.20. The first kappa shape index (κ1) is 14.0. The van der Waals surface area contributed by atoms with Crippen LogP contribution in [0.5, 0.6) is 11.5 Å². The van der Waals surface area contributed by atoms with E-state index in [4.69, 9.17) is 4.74 Å². The summed E-state index contributed by atoms with van der Waals surface area (Å²) < 4.78 is 6.06. The minimum atomic E-state index is 0.642. The number of hydrogen-bond acceptors (Lipinski definition) is 3. The molecule has 1 saturated heterocycles. The summed E-state index contributed by atoms with van der Waals surface area (Å²) in [7, 11) is 2.05. The van der Waals surface area contributed by atoms with Gasteiger partial charge in [-0.3, -0.25) is 0 Å². The van der Waals surface area contributed by atoms with Gasteiger partial charge in [-0.2, -0.15) is 0 Å². The maximum Gasteiger partial charge on any atom is 0.150 e. The standard InChI is InChI=1S/C18H22N2O/c1-19-15-11-13-20(14-12-15)17-9-5-6-10-18(17)21-16-7-3-2-4-8-16/h2-10,15,19H,11-14H2,1H3. The monoisotopic (exact) mass is 282 g/mol. The Morgan fingerprint density at radius 2 is 1.62 bits per heavy atom. The molecule has 1 aliphatic rings. The third kappa shape index (κ3) is 3.37. The molecule has 2 aromatic rings. The summed E-state index contributed by atoms with van der Waals surface area (Å²) in [5.41, 5.74) is 1.19. The minimum Gasteiger partial charge on any atom is -0.455 e. The van der Waals surface area contributed by atoms with Gasteiger partial charge in [-0.25, -0.2) is 0 Å². The van der Waals surface area contributed by atoms with Crippen molar-refractivity contribution in [1.82, 2.24) is 5.32 Å². The van der Waals surface area contributed by atoms with Crippen molar-refractivity contribution in [2.24, 2.45) is 0 Å². The topological polar surface area (TPSA) is 24.5 Å². The molecule has 0 bridgehead atoms. The van der Waals surface area contributed by atoms with Crippen LogP contribution in [0, 0.1) is 0 Å². The van der Waals surface area contributed by atoms with Crippen LogP contribution < -0.4 is 15.0 Å². The molecule has 1 N–H and O–H groups in total. The second-order valence-electron chi connectivity index (χ2n) is 5.43. The van der Waals surface area contributed by atoms with E-state index in [1.165, 1.54) is 18.5 Å². The molecule has 21 heavy (non-hydrogen) atoms. The smallest absolute Gasteiger partial charge is 0.150 e. The van der Waals surface area contributed by atoms with Gasteiger partial charge in [0.2, 0.25) is 0 Å². The lowest BCUT2D eigenvalue weighted by molar-refractivity contribution is 0.434. The van der Waals surface area contributed by atoms with E-state index in [1.807, 2.05) is 49.5 Å². The molecule has 0 saturated carbocycles. The molecule has 0 spiro atoms. The van der Waals surface area contributed by atoms with Gasteiger partial charge in [-0.15, -0.1) is 0 Å². The molecule has 110 valence electrons. The number of benzene rings is 2. The molecule has 0 aromatic heterocycles. The molecule has 0 amide bonds. The molecule has 0 aliphatic carbocycles. The Kier molecular flexibility index (Phi) is 4.41. The van der Waals surface area contributed by atoms with Crippen LogP contribution in [0.4, 0.5) is 5.69 Å². The van der Waals surface area contributed by atoms with Crippen molar-refractivity contribution in [1.29, 1.82) is 0 Å². The third-order valence-corrected chi connectivity index (χ3v) is 4.08. The van der Waals surface area contributed by atoms with Gasteiger partial charge in [0.05, 0.1) is 5.69 Å². The van der Waals surface area contributed by atoms with Crippen LogP contribution in [-0.4, -0.2) is 26.2 Å². The van der Waals surface area contributed by atoms with Gasteiger partial charge < -0.3 is 15.0 Å². The molecule has 1 aliphatic heterocycles. The zero-order chi connectivity index (χ0) is 14.5. The van der Waals surface area contributed by atoms with Crippen LogP contribution in [0.3, 0.4) is 0 Å². The van der Waals surface area contributed by atoms with Gasteiger partial charge in [0, 0.05) is 19.1 Å². The van der Waals surface area contributed by atoms with E-state index in [2.05, 4.69) is 22.3 Å². The lowest BCUT2D eigenvalue weighted by Gasteiger charge is -2.34. The third-order valence-electron chi connectivity index (χ3n) is 4.08. The summed E-state index contributed by atoms with van der Waals surface area (Å²) in [6.45, 7) is 2.14. The Balaban J connectivity index is 1.77. The van der Waals surface area contributed by atoms with Gasteiger partial charge >= 0.3 is 0 Å². The number of nitrogens with one attached hydrogen (secondary N) is 1. The van der Waals surface area contributed by atoms with Gasteiger partial charge in [-0.1, -0.05) is 30.3 Å². The van der Waals surface area contributed by atoms with Gasteiger partial charge in [-0.05, 0) is 44.2 Å². The summed E-state index contributed by atoms with van der Waals surface area (Å²) in [6.07, 6.45) is 2.35. The number of piperidine rings is 1. The molecule has 1 heterocycles. The first-order valence-electron chi connectivity index (χ1n) is 7.61. The largest absolute Gasteiger partial charge is 0.455 e. The number of hydrogen-bond donors (Lipinski definition) is 1. The first-order valence-corrected chi connectivity index (χ1v) is 7.61. The quantitative estimate of drug-likeness (QED) is 0.926. The van der Waals surface area contributed by atoms with E-state index in [-0.39, 0.29) is 0 Å². The minimum absolute atomic E-state index is 0.642. The Morgan fingerprint density at radius 1 is 0.952 bits per heavy atom. The van der Waals surface area contributed by atoms with Crippen LogP contribution in [0.25, 0.3) is 0 Å². The van der Waals surface area contributed by atoms with Gasteiger partial charge in [0.25, 0.3) is 0 Å². The van der Waals surface area contributed by atoms with E-state index >= 15 is 0 Å². The van der Waals surface area contributed by atoms with Crippen LogP contribution in [-0.2, 0) is 0 Å². The highest BCUT2D eigenvalue weighted by molar-refractivity contribution is 5.59. The fourth-order valence-electron chi connectivity index (χ4n) is 2.83. The fourth-order valence-corrected chi connectivity index (χ4v) is 2.83. The maximum absolute atomic E-state index is 6.06. The Labute approximate surface area is 126 Å². The maximum atomic E-state index is 6.06. The Bertz CT molecular complexity index is 562. The highest BCUT2D eigenvalue weighted by Crippen LogP contribution is 2.33. The molecule has 1 fully saturated rings. The van der Waals surface area contributed by atoms with Gasteiger partial charge in [0.1, 0.15) is 5.75 Å². The fraction of sp³-hybridized carbons (Fsp3) is 0.333. The second kappa shape index (κ2) is 6.64. The van der Waals surface area contributed by atoms with E-state index < -0.39 is 0 Å². The van der Waals surface area contributed by atoms with Crippen LogP contribution in [0.1, 0.15) is 12.8 Å². The molecular formula is C18H22N2O. The van der Waals surface area contributed by atoms with Crippen molar-refractivity contribution >= 4 is 5.69 Å². The lowest BCUT2D eigenvalue weighted by Crippen LogP contribution is -2.41. The summed E-state index contributed by atoms with van der Waals surface area (Å²) >= 11 is 0. The summed E-state index contributed by atoms with van der Waals surface area (Å²) in [4.78, 5) is 2.42. The predicted molar refractivity (Wildman–Crippen MR) is 87.3 cm³/mol. The lowest BCUT2D eigenvalue weighted by atomic mass is 10.0. The zero-order valence-electron chi connectivity index (χ0n) is 12.5. The van der Waals surface area contributed by atoms with Crippen molar-refractivity contribution < 1.29 is 4.74 Å². The number of anilines is 1. The normalized spacial score (nSPS) is 16.0. The molecule has 0 unspecified atom stereocenters. The first-order chi connectivity index (χ1) is 10.4. The van der Waals surface area contributed by atoms with Crippen molar-refractivity contribution in [2.75, 3.05) is 25.0 Å². The Morgan fingerprint density at radius 3 is 2.33 bits per heavy atom.